The van der Waals surface area contributed by atoms with Crippen LogP contribution in [-0.4, -0.2) is 48.1 Å². The van der Waals surface area contributed by atoms with Crippen LogP contribution in [0.4, 0.5) is 0 Å². The zero-order valence-corrected chi connectivity index (χ0v) is 10.7. The van der Waals surface area contributed by atoms with Crippen molar-refractivity contribution in [3.8, 4) is 0 Å². The molecular weight excluding hydrogens is 204 g/mol. The minimum atomic E-state index is 0.809. The minimum absolute atomic E-state index is 0.809. The van der Waals surface area contributed by atoms with Crippen LogP contribution in [0.1, 0.15) is 32.6 Å². The molecule has 0 amide bonds. The molecule has 0 aromatic carbocycles. The molecule has 88 valence electrons. The van der Waals surface area contributed by atoms with E-state index in [0.29, 0.717) is 0 Å². The Hall–Kier alpha value is 0.270. The third kappa shape index (κ3) is 3.97. The van der Waals surface area contributed by atoms with E-state index in [1.807, 2.05) is 0 Å². The molecule has 2 aliphatic rings. The molecule has 15 heavy (non-hydrogen) atoms. The van der Waals surface area contributed by atoms with E-state index < -0.39 is 0 Å². The summed E-state index contributed by atoms with van der Waals surface area (Å²) < 4.78 is 0. The summed E-state index contributed by atoms with van der Waals surface area (Å²) in [5, 5.41) is 3.71. The molecule has 0 aromatic rings. The van der Waals surface area contributed by atoms with Gasteiger partial charge in [-0.25, -0.2) is 0 Å². The third-order valence-electron chi connectivity index (χ3n) is 3.52. The summed E-state index contributed by atoms with van der Waals surface area (Å²) in [6.45, 7) is 5.97. The number of nitrogens with zero attached hydrogens (tertiary/aromatic N) is 1. The summed E-state index contributed by atoms with van der Waals surface area (Å²) in [4.78, 5) is 2.63. The highest BCUT2D eigenvalue weighted by Gasteiger charge is 2.27. The lowest BCUT2D eigenvalue weighted by Crippen LogP contribution is -2.39. The minimum Gasteiger partial charge on any atom is -0.313 e. The molecule has 3 heteroatoms. The van der Waals surface area contributed by atoms with E-state index in [9.17, 15) is 0 Å². The van der Waals surface area contributed by atoms with E-state index in [1.165, 1.54) is 56.8 Å². The lowest BCUT2D eigenvalue weighted by molar-refractivity contribution is 0.270. The SMILES string of the molecule is CCN(CCNC1CCSCC1)C1CC1. The molecule has 1 saturated carbocycles. The van der Waals surface area contributed by atoms with Crippen molar-refractivity contribution in [1.82, 2.24) is 10.2 Å². The van der Waals surface area contributed by atoms with E-state index in [2.05, 4.69) is 28.9 Å². The molecule has 0 bridgehead atoms. The van der Waals surface area contributed by atoms with Crippen LogP contribution in [-0.2, 0) is 0 Å². The lowest BCUT2D eigenvalue weighted by Gasteiger charge is -2.25. The molecule has 1 N–H and O–H groups in total. The monoisotopic (exact) mass is 228 g/mol. The van der Waals surface area contributed by atoms with Crippen molar-refractivity contribution >= 4 is 11.8 Å². The van der Waals surface area contributed by atoms with Crippen LogP contribution in [0.5, 0.6) is 0 Å². The van der Waals surface area contributed by atoms with E-state index in [-0.39, 0.29) is 0 Å². The fraction of sp³-hybridized carbons (Fsp3) is 1.00. The van der Waals surface area contributed by atoms with Crippen LogP contribution in [0.2, 0.25) is 0 Å². The molecule has 0 aromatic heterocycles. The van der Waals surface area contributed by atoms with E-state index in [1.54, 1.807) is 0 Å². The van der Waals surface area contributed by atoms with Gasteiger partial charge in [-0.15, -0.1) is 0 Å². The van der Waals surface area contributed by atoms with Crippen molar-refractivity contribution in [3.05, 3.63) is 0 Å². The van der Waals surface area contributed by atoms with Crippen LogP contribution in [0, 0.1) is 0 Å². The van der Waals surface area contributed by atoms with Crippen LogP contribution in [0.25, 0.3) is 0 Å². The maximum absolute atomic E-state index is 3.71. The molecule has 2 rings (SSSR count). The zero-order valence-electron chi connectivity index (χ0n) is 9.87. The van der Waals surface area contributed by atoms with E-state index >= 15 is 0 Å². The second-order valence-corrected chi connectivity index (χ2v) is 5.93. The summed E-state index contributed by atoms with van der Waals surface area (Å²) in [5.74, 6) is 2.72. The Balaban J connectivity index is 1.56. The first kappa shape index (κ1) is 11.7. The lowest BCUT2D eigenvalue weighted by atomic mass is 10.1. The number of nitrogens with one attached hydrogen (secondary N) is 1. The maximum atomic E-state index is 3.71. The summed E-state index contributed by atoms with van der Waals surface area (Å²) in [6.07, 6.45) is 5.63. The predicted octanol–water partition coefficient (Wildman–Crippen LogP) is 1.96. The first-order valence-electron chi connectivity index (χ1n) is 6.45. The molecule has 2 nitrogen and oxygen atoms in total. The maximum Gasteiger partial charge on any atom is 0.0110 e. The molecule has 0 unspecified atom stereocenters. The number of hydrogen-bond donors (Lipinski definition) is 1. The molecule has 1 saturated heterocycles. The van der Waals surface area contributed by atoms with Crippen LogP contribution in [0.3, 0.4) is 0 Å². The van der Waals surface area contributed by atoms with Gasteiger partial charge in [0.1, 0.15) is 0 Å². The zero-order chi connectivity index (χ0) is 10.5. The summed E-state index contributed by atoms with van der Waals surface area (Å²) in [7, 11) is 0. The van der Waals surface area contributed by atoms with Gasteiger partial charge in [-0.1, -0.05) is 6.92 Å². The highest BCUT2D eigenvalue weighted by atomic mass is 32.2. The average Bonchev–Trinajstić information content (AvgIpc) is 3.10. The normalized spacial score (nSPS) is 23.6. The molecule has 0 radical (unpaired) electrons. The Kier molecular flexibility index (Phi) is 4.79. The quantitative estimate of drug-likeness (QED) is 0.748. The Morgan fingerprint density at radius 1 is 1.20 bits per heavy atom. The third-order valence-corrected chi connectivity index (χ3v) is 4.57. The number of rotatable bonds is 6. The number of thioether (sulfide) groups is 1. The predicted molar refractivity (Wildman–Crippen MR) is 68.6 cm³/mol. The second kappa shape index (κ2) is 6.12. The summed E-state index contributed by atoms with van der Waals surface area (Å²) >= 11 is 2.11. The summed E-state index contributed by atoms with van der Waals surface area (Å²) in [6, 6.07) is 1.74. The number of hydrogen-bond acceptors (Lipinski definition) is 3. The van der Waals surface area contributed by atoms with E-state index in [4.69, 9.17) is 0 Å². The van der Waals surface area contributed by atoms with Gasteiger partial charge in [0.2, 0.25) is 0 Å². The van der Waals surface area contributed by atoms with Gasteiger partial charge < -0.3 is 5.32 Å². The topological polar surface area (TPSA) is 15.3 Å². The van der Waals surface area contributed by atoms with Gasteiger partial charge in [0.25, 0.3) is 0 Å². The van der Waals surface area contributed by atoms with Gasteiger partial charge >= 0.3 is 0 Å². The van der Waals surface area contributed by atoms with Gasteiger partial charge in [-0.05, 0) is 43.7 Å². The van der Waals surface area contributed by atoms with Crippen LogP contribution in [0.15, 0.2) is 0 Å². The van der Waals surface area contributed by atoms with Gasteiger partial charge in [-0.2, -0.15) is 11.8 Å². The first-order valence-corrected chi connectivity index (χ1v) is 7.61. The first-order chi connectivity index (χ1) is 7.40. The highest BCUT2D eigenvalue weighted by Crippen LogP contribution is 2.25. The highest BCUT2D eigenvalue weighted by molar-refractivity contribution is 7.99. The smallest absolute Gasteiger partial charge is 0.0110 e. The Bertz CT molecular complexity index is 176. The molecular formula is C12H24N2S. The van der Waals surface area contributed by atoms with Gasteiger partial charge in [0.15, 0.2) is 0 Å². The van der Waals surface area contributed by atoms with Crippen molar-refractivity contribution in [2.75, 3.05) is 31.1 Å². The largest absolute Gasteiger partial charge is 0.313 e. The second-order valence-electron chi connectivity index (χ2n) is 4.70. The average molecular weight is 228 g/mol. The van der Waals surface area contributed by atoms with Gasteiger partial charge in [-0.3, -0.25) is 4.90 Å². The van der Waals surface area contributed by atoms with Crippen molar-refractivity contribution < 1.29 is 0 Å². The molecule has 1 heterocycles. The summed E-state index contributed by atoms with van der Waals surface area (Å²) in [5.41, 5.74) is 0. The Morgan fingerprint density at radius 2 is 1.93 bits per heavy atom. The molecule has 0 atom stereocenters. The van der Waals surface area contributed by atoms with Crippen molar-refractivity contribution in [1.29, 1.82) is 0 Å². The van der Waals surface area contributed by atoms with Gasteiger partial charge in [0, 0.05) is 25.2 Å². The molecule has 1 aliphatic heterocycles. The fourth-order valence-electron chi connectivity index (χ4n) is 2.35. The van der Waals surface area contributed by atoms with Crippen molar-refractivity contribution in [2.24, 2.45) is 0 Å². The standard InChI is InChI=1S/C12H24N2S/c1-2-14(12-3-4-12)8-7-13-11-5-9-15-10-6-11/h11-13H,2-10H2,1H3. The van der Waals surface area contributed by atoms with Crippen molar-refractivity contribution in [3.63, 3.8) is 0 Å². The van der Waals surface area contributed by atoms with Crippen LogP contribution >= 0.6 is 11.8 Å². The number of likely N-dealkylation sites (N-methyl/N-ethyl adjacent to an activating group) is 1. The van der Waals surface area contributed by atoms with Crippen LogP contribution < -0.4 is 5.32 Å². The van der Waals surface area contributed by atoms with Crippen molar-refractivity contribution in [2.45, 2.75) is 44.7 Å². The Labute approximate surface area is 98.2 Å². The molecule has 2 fully saturated rings. The Morgan fingerprint density at radius 3 is 2.53 bits per heavy atom. The fourth-order valence-corrected chi connectivity index (χ4v) is 3.46. The molecule has 1 aliphatic carbocycles. The van der Waals surface area contributed by atoms with Gasteiger partial charge in [0.05, 0.1) is 0 Å². The van der Waals surface area contributed by atoms with E-state index in [0.717, 1.165) is 12.1 Å². The molecule has 0 spiro atoms.